The summed E-state index contributed by atoms with van der Waals surface area (Å²) in [6, 6.07) is 7.02. The van der Waals surface area contributed by atoms with E-state index in [4.69, 9.17) is 10.8 Å². The first-order valence-electron chi connectivity index (χ1n) is 6.68. The first-order chi connectivity index (χ1) is 10.5. The molecule has 0 aliphatic carbocycles. The third kappa shape index (κ3) is 3.57. The average Bonchev–Trinajstić information content (AvgIpc) is 2.46. The zero-order valence-electron chi connectivity index (χ0n) is 11.7. The Labute approximate surface area is 126 Å². The van der Waals surface area contributed by atoms with Gasteiger partial charge in [0.2, 0.25) is 5.91 Å². The van der Waals surface area contributed by atoms with E-state index in [9.17, 15) is 14.4 Å². The monoisotopic (exact) mass is 301 g/mol. The van der Waals surface area contributed by atoms with Gasteiger partial charge in [-0.05, 0) is 12.5 Å². The zero-order chi connectivity index (χ0) is 16.1. The summed E-state index contributed by atoms with van der Waals surface area (Å²) in [6.45, 7) is 0. The molecule has 0 fully saturated rings. The molecular weight excluding hydrogens is 286 g/mol. The minimum Gasteiger partial charge on any atom is -0.481 e. The first kappa shape index (κ1) is 15.4. The lowest BCUT2D eigenvalue weighted by molar-refractivity contribution is -0.137. The summed E-state index contributed by atoms with van der Waals surface area (Å²) in [5.41, 5.74) is 6.35. The number of rotatable bonds is 6. The SMILES string of the molecule is NC(=O)c1cnc2ccccc2c1NC(=O)CCCC(=O)O. The number of carboxylic acid groups (broad SMARTS) is 1. The van der Waals surface area contributed by atoms with Gasteiger partial charge in [0.1, 0.15) is 0 Å². The maximum Gasteiger partial charge on any atom is 0.303 e. The lowest BCUT2D eigenvalue weighted by Gasteiger charge is -2.11. The molecule has 1 heterocycles. The van der Waals surface area contributed by atoms with E-state index in [0.717, 1.165) is 0 Å². The summed E-state index contributed by atoms with van der Waals surface area (Å²) >= 11 is 0. The highest BCUT2D eigenvalue weighted by Gasteiger charge is 2.15. The molecule has 0 saturated carbocycles. The van der Waals surface area contributed by atoms with Crippen molar-refractivity contribution in [2.75, 3.05) is 5.32 Å². The molecule has 4 N–H and O–H groups in total. The van der Waals surface area contributed by atoms with Gasteiger partial charge in [0.25, 0.3) is 5.91 Å². The van der Waals surface area contributed by atoms with Crippen molar-refractivity contribution in [2.24, 2.45) is 5.73 Å². The van der Waals surface area contributed by atoms with Crippen LogP contribution in [0.3, 0.4) is 0 Å². The van der Waals surface area contributed by atoms with Gasteiger partial charge < -0.3 is 16.2 Å². The minimum absolute atomic E-state index is 0.0428. The van der Waals surface area contributed by atoms with E-state index in [1.807, 2.05) is 0 Å². The molecule has 0 aliphatic rings. The van der Waals surface area contributed by atoms with Crippen LogP contribution in [0.1, 0.15) is 29.6 Å². The molecule has 2 rings (SSSR count). The fourth-order valence-corrected chi connectivity index (χ4v) is 2.06. The number of pyridine rings is 1. The fraction of sp³-hybridized carbons (Fsp3) is 0.200. The van der Waals surface area contributed by atoms with Gasteiger partial charge in [-0.2, -0.15) is 0 Å². The normalized spacial score (nSPS) is 10.4. The quantitative estimate of drug-likeness (QED) is 0.746. The number of fused-ring (bicyclic) bond motifs is 1. The molecule has 0 radical (unpaired) electrons. The van der Waals surface area contributed by atoms with E-state index < -0.39 is 11.9 Å². The molecule has 114 valence electrons. The van der Waals surface area contributed by atoms with Gasteiger partial charge in [0, 0.05) is 24.4 Å². The Morgan fingerprint density at radius 3 is 2.59 bits per heavy atom. The van der Waals surface area contributed by atoms with Crippen LogP contribution in [0.5, 0.6) is 0 Å². The summed E-state index contributed by atoms with van der Waals surface area (Å²) < 4.78 is 0. The number of primary amides is 1. The molecule has 2 amide bonds. The number of para-hydroxylation sites is 1. The number of hydrogen-bond donors (Lipinski definition) is 3. The van der Waals surface area contributed by atoms with Crippen molar-refractivity contribution in [2.45, 2.75) is 19.3 Å². The molecule has 2 aromatic rings. The highest BCUT2D eigenvalue weighted by Crippen LogP contribution is 2.25. The zero-order valence-corrected chi connectivity index (χ0v) is 11.7. The lowest BCUT2D eigenvalue weighted by atomic mass is 10.1. The first-order valence-corrected chi connectivity index (χ1v) is 6.68. The summed E-state index contributed by atoms with van der Waals surface area (Å²) in [5, 5.41) is 11.8. The van der Waals surface area contributed by atoms with Crippen molar-refractivity contribution in [1.29, 1.82) is 0 Å². The van der Waals surface area contributed by atoms with Crippen LogP contribution in [0.2, 0.25) is 0 Å². The Kier molecular flexibility index (Phi) is 4.67. The van der Waals surface area contributed by atoms with E-state index in [2.05, 4.69) is 10.3 Å². The van der Waals surface area contributed by atoms with Crippen LogP contribution < -0.4 is 11.1 Å². The molecule has 0 saturated heterocycles. The predicted octanol–water partition coefficient (Wildman–Crippen LogP) is 1.53. The Balaban J connectivity index is 2.28. The largest absolute Gasteiger partial charge is 0.481 e. The molecule has 0 unspecified atom stereocenters. The van der Waals surface area contributed by atoms with Crippen molar-refractivity contribution in [1.82, 2.24) is 4.98 Å². The van der Waals surface area contributed by atoms with Crippen molar-refractivity contribution in [3.63, 3.8) is 0 Å². The van der Waals surface area contributed by atoms with E-state index in [-0.39, 0.29) is 30.7 Å². The van der Waals surface area contributed by atoms with Gasteiger partial charge in [0.05, 0.1) is 16.8 Å². The molecule has 0 spiro atoms. The fourth-order valence-electron chi connectivity index (χ4n) is 2.06. The molecule has 0 bridgehead atoms. The van der Waals surface area contributed by atoms with Crippen LogP contribution in [0.15, 0.2) is 30.5 Å². The molecule has 1 aromatic heterocycles. The summed E-state index contributed by atoms with van der Waals surface area (Å²) in [4.78, 5) is 38.0. The number of hydrogen-bond acceptors (Lipinski definition) is 4. The summed E-state index contributed by atoms with van der Waals surface area (Å²) in [5.74, 6) is -2.03. The molecular formula is C15H15N3O4. The molecule has 7 heteroatoms. The average molecular weight is 301 g/mol. The van der Waals surface area contributed by atoms with Gasteiger partial charge in [-0.1, -0.05) is 18.2 Å². The van der Waals surface area contributed by atoms with Crippen LogP contribution >= 0.6 is 0 Å². The maximum atomic E-state index is 11.9. The molecule has 22 heavy (non-hydrogen) atoms. The topological polar surface area (TPSA) is 122 Å². The number of amides is 2. The number of carbonyl (C=O) groups excluding carboxylic acids is 2. The van der Waals surface area contributed by atoms with E-state index >= 15 is 0 Å². The Bertz CT molecular complexity index is 743. The molecule has 1 aromatic carbocycles. The van der Waals surface area contributed by atoms with Crippen LogP contribution in [-0.4, -0.2) is 27.9 Å². The second-order valence-corrected chi connectivity index (χ2v) is 4.72. The summed E-state index contributed by atoms with van der Waals surface area (Å²) in [7, 11) is 0. The van der Waals surface area contributed by atoms with Crippen LogP contribution in [-0.2, 0) is 9.59 Å². The number of nitrogens with one attached hydrogen (secondary N) is 1. The van der Waals surface area contributed by atoms with Gasteiger partial charge >= 0.3 is 5.97 Å². The van der Waals surface area contributed by atoms with Crippen molar-refractivity contribution < 1.29 is 19.5 Å². The third-order valence-corrected chi connectivity index (χ3v) is 3.10. The number of nitrogens with two attached hydrogens (primary N) is 1. The highest BCUT2D eigenvalue weighted by atomic mass is 16.4. The number of aliphatic carboxylic acids is 1. The van der Waals surface area contributed by atoms with Gasteiger partial charge in [0.15, 0.2) is 0 Å². The Morgan fingerprint density at radius 1 is 1.18 bits per heavy atom. The number of carbonyl (C=O) groups is 3. The molecule has 0 aliphatic heterocycles. The smallest absolute Gasteiger partial charge is 0.303 e. The standard InChI is InChI=1S/C15H15N3O4/c16-15(22)10-8-17-11-5-2-1-4-9(11)14(10)18-12(19)6-3-7-13(20)21/h1-2,4-5,8H,3,6-7H2,(H2,16,22)(H,20,21)(H,17,18,19). The maximum absolute atomic E-state index is 11.9. The van der Waals surface area contributed by atoms with Gasteiger partial charge in [-0.25, -0.2) is 0 Å². The summed E-state index contributed by atoms with van der Waals surface area (Å²) in [6.07, 6.45) is 1.49. The van der Waals surface area contributed by atoms with Gasteiger partial charge in [-0.15, -0.1) is 0 Å². The Hall–Kier alpha value is -2.96. The van der Waals surface area contributed by atoms with Crippen molar-refractivity contribution >= 4 is 34.4 Å². The predicted molar refractivity (Wildman–Crippen MR) is 80.4 cm³/mol. The van der Waals surface area contributed by atoms with Crippen LogP contribution in [0, 0.1) is 0 Å². The number of anilines is 1. The highest BCUT2D eigenvalue weighted by molar-refractivity contribution is 6.10. The van der Waals surface area contributed by atoms with E-state index in [1.54, 1.807) is 24.3 Å². The molecule has 7 nitrogen and oxygen atoms in total. The minimum atomic E-state index is -0.958. The second-order valence-electron chi connectivity index (χ2n) is 4.72. The van der Waals surface area contributed by atoms with Gasteiger partial charge in [-0.3, -0.25) is 19.4 Å². The van der Waals surface area contributed by atoms with Crippen molar-refractivity contribution in [3.05, 3.63) is 36.0 Å². The van der Waals surface area contributed by atoms with Crippen molar-refractivity contribution in [3.8, 4) is 0 Å². The number of carboxylic acids is 1. The van der Waals surface area contributed by atoms with E-state index in [1.165, 1.54) is 6.20 Å². The molecule has 0 atom stereocenters. The van der Waals surface area contributed by atoms with E-state index in [0.29, 0.717) is 16.6 Å². The number of benzene rings is 1. The third-order valence-electron chi connectivity index (χ3n) is 3.10. The lowest BCUT2D eigenvalue weighted by Crippen LogP contribution is -2.19. The van der Waals surface area contributed by atoms with Crippen LogP contribution in [0.4, 0.5) is 5.69 Å². The number of nitrogens with zero attached hydrogens (tertiary/aromatic N) is 1. The Morgan fingerprint density at radius 2 is 1.91 bits per heavy atom. The van der Waals surface area contributed by atoms with Crippen LogP contribution in [0.25, 0.3) is 10.9 Å². The number of aromatic nitrogens is 1. The second kappa shape index (κ2) is 6.66.